The molecule has 0 unspecified atom stereocenters. The quantitative estimate of drug-likeness (QED) is 0.140. The lowest BCUT2D eigenvalue weighted by Gasteiger charge is -2.54. The van der Waals surface area contributed by atoms with Crippen LogP contribution in [-0.4, -0.2) is 62.6 Å². The van der Waals surface area contributed by atoms with Crippen LogP contribution in [0.5, 0.6) is 11.5 Å². The summed E-state index contributed by atoms with van der Waals surface area (Å²) in [5.74, 6) is 2.54. The number of hydrogen-bond acceptors (Lipinski definition) is 8. The van der Waals surface area contributed by atoms with Crippen LogP contribution in [0.25, 0.3) is 0 Å². The highest BCUT2D eigenvalue weighted by Gasteiger charge is 2.49. The molecular weight excluding hydrogens is 564 g/mol. The van der Waals surface area contributed by atoms with E-state index in [1.165, 1.54) is 36.8 Å². The monoisotopic (exact) mass is 616 g/mol. The van der Waals surface area contributed by atoms with Crippen LogP contribution in [0.2, 0.25) is 0 Å². The molecule has 0 bridgehead atoms. The largest absolute Gasteiger partial charge is 0.494 e. The lowest BCUT2D eigenvalue weighted by molar-refractivity contribution is -0.127. The van der Waals surface area contributed by atoms with Crippen molar-refractivity contribution < 1.29 is 18.9 Å². The van der Waals surface area contributed by atoms with Crippen LogP contribution < -0.4 is 20.1 Å². The Kier molecular flexibility index (Phi) is 12.1. The molecule has 45 heavy (non-hydrogen) atoms. The van der Waals surface area contributed by atoms with Crippen molar-refractivity contribution in [1.29, 1.82) is 0 Å². The van der Waals surface area contributed by atoms with Gasteiger partial charge in [-0.3, -0.25) is 0 Å². The highest BCUT2D eigenvalue weighted by atomic mass is 16.5. The molecule has 3 heterocycles. The number of ether oxygens (including phenoxy) is 4. The Balaban J connectivity index is 0.984. The van der Waals surface area contributed by atoms with Gasteiger partial charge in [-0.2, -0.15) is 0 Å². The van der Waals surface area contributed by atoms with E-state index >= 15 is 0 Å². The van der Waals surface area contributed by atoms with Crippen LogP contribution in [0.15, 0.2) is 60.8 Å². The topological polar surface area (TPSA) is 92.0 Å². The van der Waals surface area contributed by atoms with E-state index in [0.29, 0.717) is 12.0 Å². The minimum absolute atomic E-state index is 0.145. The van der Waals surface area contributed by atoms with Gasteiger partial charge in [0.15, 0.2) is 0 Å². The van der Waals surface area contributed by atoms with Gasteiger partial charge in [0.2, 0.25) is 5.95 Å². The van der Waals surface area contributed by atoms with Gasteiger partial charge in [-0.1, -0.05) is 63.8 Å². The SMILES string of the molecule is CC(C)(c1ccc(OCCCCCCCCOCCCCN)cc1)c1ccc(OCc2ccnc(N3CC4(COC4)C3)n2)cc1. The molecule has 2 fully saturated rings. The highest BCUT2D eigenvalue weighted by Crippen LogP contribution is 2.39. The van der Waals surface area contributed by atoms with Crippen molar-refractivity contribution in [2.75, 3.05) is 57.6 Å². The van der Waals surface area contributed by atoms with E-state index in [1.807, 2.05) is 24.4 Å². The van der Waals surface area contributed by atoms with Crippen molar-refractivity contribution in [1.82, 2.24) is 9.97 Å². The zero-order chi connectivity index (χ0) is 31.4. The Bertz CT molecular complexity index is 1290. The zero-order valence-corrected chi connectivity index (χ0v) is 27.3. The molecule has 3 aromatic rings. The van der Waals surface area contributed by atoms with Crippen molar-refractivity contribution >= 4 is 5.95 Å². The molecule has 0 amide bonds. The first-order valence-corrected chi connectivity index (χ1v) is 16.9. The van der Waals surface area contributed by atoms with E-state index in [1.54, 1.807) is 0 Å². The van der Waals surface area contributed by atoms with Crippen LogP contribution in [0.4, 0.5) is 5.95 Å². The Labute approximate surface area is 269 Å². The van der Waals surface area contributed by atoms with E-state index < -0.39 is 0 Å². The third-order valence-corrected chi connectivity index (χ3v) is 9.09. The zero-order valence-electron chi connectivity index (χ0n) is 27.3. The number of benzene rings is 2. The molecule has 2 aliphatic rings. The summed E-state index contributed by atoms with van der Waals surface area (Å²) in [6.45, 7) is 11.8. The van der Waals surface area contributed by atoms with Crippen LogP contribution in [0.1, 0.15) is 82.0 Å². The maximum absolute atomic E-state index is 6.09. The van der Waals surface area contributed by atoms with Crippen molar-refractivity contribution in [2.24, 2.45) is 11.1 Å². The van der Waals surface area contributed by atoms with Gasteiger partial charge < -0.3 is 29.6 Å². The molecule has 0 radical (unpaired) electrons. The number of aromatic nitrogens is 2. The molecular formula is C37H52N4O4. The van der Waals surface area contributed by atoms with Crippen molar-refractivity contribution in [3.63, 3.8) is 0 Å². The fourth-order valence-corrected chi connectivity index (χ4v) is 6.01. The lowest BCUT2D eigenvalue weighted by atomic mass is 9.78. The summed E-state index contributed by atoms with van der Waals surface area (Å²) in [4.78, 5) is 11.4. The Morgan fingerprint density at radius 1 is 0.756 bits per heavy atom. The molecule has 8 heteroatoms. The predicted octanol–water partition coefficient (Wildman–Crippen LogP) is 6.69. The van der Waals surface area contributed by atoms with Crippen molar-refractivity contribution in [3.8, 4) is 11.5 Å². The second-order valence-electron chi connectivity index (χ2n) is 13.2. The molecule has 2 saturated heterocycles. The van der Waals surface area contributed by atoms with Gasteiger partial charge in [0, 0.05) is 37.9 Å². The van der Waals surface area contributed by atoms with Crippen LogP contribution in [0.3, 0.4) is 0 Å². The number of nitrogens with two attached hydrogens (primary N) is 1. The van der Waals surface area contributed by atoms with Gasteiger partial charge in [0.05, 0.1) is 30.9 Å². The van der Waals surface area contributed by atoms with E-state index in [9.17, 15) is 0 Å². The summed E-state index contributed by atoms with van der Waals surface area (Å²) in [5.41, 5.74) is 9.06. The van der Waals surface area contributed by atoms with Gasteiger partial charge in [-0.05, 0) is 73.7 Å². The number of hydrogen-bond donors (Lipinski definition) is 1. The highest BCUT2D eigenvalue weighted by molar-refractivity contribution is 5.42. The van der Waals surface area contributed by atoms with Crippen molar-refractivity contribution in [2.45, 2.75) is 77.2 Å². The second-order valence-corrected chi connectivity index (χ2v) is 13.2. The van der Waals surface area contributed by atoms with Gasteiger partial charge in [-0.15, -0.1) is 0 Å². The van der Waals surface area contributed by atoms with Gasteiger partial charge in [-0.25, -0.2) is 9.97 Å². The maximum atomic E-state index is 6.09. The number of nitrogens with zero attached hydrogens (tertiary/aromatic N) is 3. The third-order valence-electron chi connectivity index (χ3n) is 9.09. The summed E-state index contributed by atoms with van der Waals surface area (Å²) >= 11 is 0. The molecule has 8 nitrogen and oxygen atoms in total. The average molecular weight is 617 g/mol. The molecule has 244 valence electrons. The molecule has 0 aliphatic carbocycles. The van der Waals surface area contributed by atoms with Crippen molar-refractivity contribution in [3.05, 3.63) is 77.6 Å². The Morgan fingerprint density at radius 3 is 1.93 bits per heavy atom. The van der Waals surface area contributed by atoms with Crippen LogP contribution in [0, 0.1) is 5.41 Å². The number of rotatable bonds is 20. The minimum Gasteiger partial charge on any atom is -0.494 e. The smallest absolute Gasteiger partial charge is 0.225 e. The molecule has 1 spiro atoms. The first-order valence-electron chi connectivity index (χ1n) is 16.9. The molecule has 2 aliphatic heterocycles. The van der Waals surface area contributed by atoms with Crippen LogP contribution >= 0.6 is 0 Å². The number of anilines is 1. The Morgan fingerprint density at radius 2 is 1.33 bits per heavy atom. The van der Waals surface area contributed by atoms with E-state index in [4.69, 9.17) is 29.7 Å². The third kappa shape index (κ3) is 9.41. The fourth-order valence-electron chi connectivity index (χ4n) is 6.01. The second kappa shape index (κ2) is 16.4. The fraction of sp³-hybridized carbons (Fsp3) is 0.568. The van der Waals surface area contributed by atoms with E-state index in [2.05, 4.69) is 60.1 Å². The standard InChI is InChI=1S/C37H52N4O4/c1-36(2,30-11-15-33(16-12-30)44-24-9-6-4-3-5-8-22-42-23-10-7-20-38)31-13-17-34(18-14-31)45-25-32-19-21-39-35(40-32)41-26-37(27-41)28-43-29-37/h11-19,21H,3-10,20,22-29,38H2,1-2H3. The van der Waals surface area contributed by atoms with Gasteiger partial charge in [0.1, 0.15) is 18.1 Å². The molecule has 5 rings (SSSR count). The van der Waals surface area contributed by atoms with Crippen LogP contribution in [-0.2, 0) is 21.5 Å². The molecule has 2 aromatic carbocycles. The summed E-state index contributed by atoms with van der Waals surface area (Å²) in [6, 6.07) is 18.9. The minimum atomic E-state index is -0.145. The first-order chi connectivity index (χ1) is 22.0. The first kappa shape index (κ1) is 33.2. The summed E-state index contributed by atoms with van der Waals surface area (Å²) in [5, 5.41) is 0. The molecule has 0 atom stereocenters. The average Bonchev–Trinajstić information content (AvgIpc) is 3.01. The summed E-state index contributed by atoms with van der Waals surface area (Å²) in [6.07, 6.45) is 11.2. The van der Waals surface area contributed by atoms with Gasteiger partial charge in [0.25, 0.3) is 0 Å². The molecule has 0 saturated carbocycles. The normalized spacial score (nSPS) is 15.5. The number of unbranched alkanes of at least 4 members (excludes halogenated alkanes) is 6. The Hall–Kier alpha value is -3.20. The molecule has 2 N–H and O–H groups in total. The lowest BCUT2D eigenvalue weighted by Crippen LogP contribution is -2.66. The van der Waals surface area contributed by atoms with E-state index in [-0.39, 0.29) is 5.41 Å². The maximum Gasteiger partial charge on any atom is 0.225 e. The van der Waals surface area contributed by atoms with E-state index in [0.717, 1.165) is 101 Å². The predicted molar refractivity (Wildman–Crippen MR) is 179 cm³/mol. The summed E-state index contributed by atoms with van der Waals surface area (Å²) < 4.78 is 23.1. The molecule has 1 aromatic heterocycles. The summed E-state index contributed by atoms with van der Waals surface area (Å²) in [7, 11) is 0. The van der Waals surface area contributed by atoms with Gasteiger partial charge >= 0.3 is 0 Å².